The second-order valence-electron chi connectivity index (χ2n) is 4.87. The molecule has 0 atom stereocenters. The van der Waals surface area contributed by atoms with E-state index in [2.05, 4.69) is 27.9 Å². The Morgan fingerprint density at radius 2 is 1.83 bits per heavy atom. The first-order valence-electron chi connectivity index (χ1n) is 6.91. The van der Waals surface area contributed by atoms with Crippen LogP contribution in [-0.2, 0) is 9.84 Å². The minimum absolute atomic E-state index is 0.00452. The maximum Gasteiger partial charge on any atom is 0.251 e. The minimum Gasteiger partial charge on any atom is -0.352 e. The number of hydrogen-bond donors (Lipinski definition) is 1. The molecule has 0 aliphatic heterocycles. The predicted octanol–water partition coefficient (Wildman–Crippen LogP) is 3.54. The lowest BCUT2D eigenvalue weighted by molar-refractivity contribution is 0.0953. The molecule has 4 nitrogen and oxygen atoms in total. The van der Waals surface area contributed by atoms with Crippen LogP contribution in [0, 0.1) is 3.57 Å². The molecule has 2 aromatic carbocycles. The molecule has 1 N–H and O–H groups in total. The Kier molecular flexibility index (Phi) is 6.43. The quantitative estimate of drug-likeness (QED) is 0.526. The standard InChI is InChI=1S/C16H15ClINO3S/c17-14-8-7-12(11-15(14)18)16(20)19-9-4-10-23(21,22)13-5-2-1-3-6-13/h1-3,5-8,11H,4,9-10H2,(H,19,20). The van der Waals surface area contributed by atoms with Gasteiger partial charge in [0.1, 0.15) is 0 Å². The largest absolute Gasteiger partial charge is 0.352 e. The Balaban J connectivity index is 1.85. The highest BCUT2D eigenvalue weighted by Crippen LogP contribution is 2.19. The van der Waals surface area contributed by atoms with E-state index < -0.39 is 9.84 Å². The van der Waals surface area contributed by atoms with Gasteiger partial charge in [0.05, 0.1) is 15.7 Å². The summed E-state index contributed by atoms with van der Waals surface area (Å²) in [5.74, 6) is -0.244. The number of carbonyl (C=O) groups excluding carboxylic acids is 1. The van der Waals surface area contributed by atoms with Gasteiger partial charge in [-0.25, -0.2) is 8.42 Å². The van der Waals surface area contributed by atoms with Gasteiger partial charge in [0.15, 0.2) is 9.84 Å². The van der Waals surface area contributed by atoms with Gasteiger partial charge in [-0.15, -0.1) is 0 Å². The molecule has 1 amide bonds. The van der Waals surface area contributed by atoms with Crippen molar-refractivity contribution in [3.63, 3.8) is 0 Å². The van der Waals surface area contributed by atoms with Crippen LogP contribution in [0.5, 0.6) is 0 Å². The molecule has 0 aliphatic rings. The fourth-order valence-corrected chi connectivity index (χ4v) is 3.91. The van der Waals surface area contributed by atoms with Crippen molar-refractivity contribution in [2.24, 2.45) is 0 Å². The maximum absolute atomic E-state index is 12.1. The molecule has 0 saturated heterocycles. The van der Waals surface area contributed by atoms with Gasteiger partial charge in [0, 0.05) is 15.7 Å². The Morgan fingerprint density at radius 1 is 1.13 bits per heavy atom. The number of carbonyl (C=O) groups is 1. The van der Waals surface area contributed by atoms with Crippen molar-refractivity contribution >= 4 is 49.9 Å². The Labute approximate surface area is 154 Å². The summed E-state index contributed by atoms with van der Waals surface area (Å²) in [4.78, 5) is 12.3. The molecule has 2 aromatic rings. The van der Waals surface area contributed by atoms with Gasteiger partial charge in [-0.1, -0.05) is 29.8 Å². The number of rotatable bonds is 6. The lowest BCUT2D eigenvalue weighted by Crippen LogP contribution is -2.26. The molecule has 0 bridgehead atoms. The number of nitrogens with one attached hydrogen (secondary N) is 1. The smallest absolute Gasteiger partial charge is 0.251 e. The summed E-state index contributed by atoms with van der Waals surface area (Å²) in [5, 5.41) is 3.31. The van der Waals surface area contributed by atoms with Crippen LogP contribution in [-0.4, -0.2) is 26.6 Å². The lowest BCUT2D eigenvalue weighted by atomic mass is 10.2. The van der Waals surface area contributed by atoms with Crippen LogP contribution in [0.4, 0.5) is 0 Å². The molecule has 0 fully saturated rings. The van der Waals surface area contributed by atoms with Crippen LogP contribution in [0.2, 0.25) is 5.02 Å². The molecular formula is C16H15ClINO3S. The summed E-state index contributed by atoms with van der Waals surface area (Å²) in [7, 11) is -3.31. The second kappa shape index (κ2) is 8.12. The van der Waals surface area contributed by atoms with E-state index in [0.29, 0.717) is 28.4 Å². The van der Waals surface area contributed by atoms with Gasteiger partial charge in [0.25, 0.3) is 5.91 Å². The van der Waals surface area contributed by atoms with E-state index in [1.54, 1.807) is 48.5 Å². The zero-order valence-corrected chi connectivity index (χ0v) is 15.9. The highest BCUT2D eigenvalue weighted by atomic mass is 127. The molecule has 0 heterocycles. The molecule has 2 rings (SSSR count). The summed E-state index contributed by atoms with van der Waals surface area (Å²) >= 11 is 7.97. The van der Waals surface area contributed by atoms with Gasteiger partial charge in [0.2, 0.25) is 0 Å². The van der Waals surface area contributed by atoms with Crippen LogP contribution < -0.4 is 5.32 Å². The Bertz CT molecular complexity index is 794. The molecule has 7 heteroatoms. The zero-order chi connectivity index (χ0) is 16.9. The van der Waals surface area contributed by atoms with Crippen LogP contribution in [0.25, 0.3) is 0 Å². The first-order chi connectivity index (χ1) is 10.9. The second-order valence-corrected chi connectivity index (χ2v) is 8.55. The Morgan fingerprint density at radius 3 is 2.48 bits per heavy atom. The van der Waals surface area contributed by atoms with Crippen molar-refractivity contribution in [2.75, 3.05) is 12.3 Å². The van der Waals surface area contributed by atoms with Crippen LogP contribution in [0.1, 0.15) is 16.8 Å². The molecule has 0 spiro atoms. The average molecular weight is 464 g/mol. The zero-order valence-electron chi connectivity index (χ0n) is 12.1. The fourth-order valence-electron chi connectivity index (χ4n) is 1.95. The predicted molar refractivity (Wildman–Crippen MR) is 99.6 cm³/mol. The lowest BCUT2D eigenvalue weighted by Gasteiger charge is -2.07. The van der Waals surface area contributed by atoms with Crippen molar-refractivity contribution in [2.45, 2.75) is 11.3 Å². The molecule has 122 valence electrons. The van der Waals surface area contributed by atoms with Crippen LogP contribution in [0.3, 0.4) is 0 Å². The molecule has 23 heavy (non-hydrogen) atoms. The van der Waals surface area contributed by atoms with Crippen molar-refractivity contribution in [3.05, 3.63) is 62.7 Å². The molecule has 0 aromatic heterocycles. The third-order valence-corrected chi connectivity index (χ3v) is 6.52. The number of hydrogen-bond acceptors (Lipinski definition) is 3. The van der Waals surface area contributed by atoms with E-state index in [9.17, 15) is 13.2 Å². The van der Waals surface area contributed by atoms with E-state index in [1.807, 2.05) is 0 Å². The topological polar surface area (TPSA) is 63.2 Å². The van der Waals surface area contributed by atoms with Gasteiger partial charge >= 0.3 is 0 Å². The third kappa shape index (κ3) is 5.19. The monoisotopic (exact) mass is 463 g/mol. The van der Waals surface area contributed by atoms with E-state index in [-0.39, 0.29) is 11.7 Å². The fraction of sp³-hybridized carbons (Fsp3) is 0.188. The SMILES string of the molecule is O=C(NCCCS(=O)(=O)c1ccccc1)c1ccc(Cl)c(I)c1. The number of amides is 1. The molecule has 0 radical (unpaired) electrons. The van der Waals surface area contributed by atoms with Gasteiger partial charge < -0.3 is 5.32 Å². The Hall–Kier alpha value is -1.12. The van der Waals surface area contributed by atoms with Crippen LogP contribution in [0.15, 0.2) is 53.4 Å². The highest BCUT2D eigenvalue weighted by molar-refractivity contribution is 14.1. The minimum atomic E-state index is -3.31. The van der Waals surface area contributed by atoms with Crippen molar-refractivity contribution in [1.82, 2.24) is 5.32 Å². The number of benzene rings is 2. The first-order valence-corrected chi connectivity index (χ1v) is 10.0. The summed E-state index contributed by atoms with van der Waals surface area (Å²) in [6, 6.07) is 13.3. The maximum atomic E-state index is 12.1. The molecule has 0 aliphatic carbocycles. The summed E-state index contributed by atoms with van der Waals surface area (Å²) < 4.78 is 25.0. The van der Waals surface area contributed by atoms with Crippen molar-refractivity contribution in [1.29, 1.82) is 0 Å². The van der Waals surface area contributed by atoms with Gasteiger partial charge in [-0.3, -0.25) is 4.79 Å². The van der Waals surface area contributed by atoms with Gasteiger partial charge in [-0.2, -0.15) is 0 Å². The van der Waals surface area contributed by atoms with E-state index in [1.165, 1.54) is 0 Å². The molecular weight excluding hydrogens is 449 g/mol. The van der Waals surface area contributed by atoms with E-state index in [0.717, 1.165) is 3.57 Å². The average Bonchev–Trinajstić information content (AvgIpc) is 2.55. The highest BCUT2D eigenvalue weighted by Gasteiger charge is 2.13. The van der Waals surface area contributed by atoms with Gasteiger partial charge in [-0.05, 0) is 59.3 Å². The summed E-state index contributed by atoms with van der Waals surface area (Å²) in [6.07, 6.45) is 0.355. The third-order valence-electron chi connectivity index (χ3n) is 3.16. The molecule has 0 saturated carbocycles. The van der Waals surface area contributed by atoms with Crippen LogP contribution >= 0.6 is 34.2 Å². The first kappa shape index (κ1) is 18.2. The van der Waals surface area contributed by atoms with E-state index in [4.69, 9.17) is 11.6 Å². The molecule has 0 unspecified atom stereocenters. The summed E-state index contributed by atoms with van der Waals surface area (Å²) in [6.45, 7) is 0.296. The van der Waals surface area contributed by atoms with Crippen molar-refractivity contribution in [3.8, 4) is 0 Å². The van der Waals surface area contributed by atoms with Crippen molar-refractivity contribution < 1.29 is 13.2 Å². The normalized spacial score (nSPS) is 11.2. The number of halogens is 2. The van der Waals surface area contributed by atoms with E-state index >= 15 is 0 Å². The summed E-state index contributed by atoms with van der Waals surface area (Å²) in [5.41, 5.74) is 0.504. The number of sulfone groups is 1.